The Labute approximate surface area is 96.4 Å². The standard InChI is InChI=1S/C13H20N2O/c14-13-8-12(16-15-13)11-6-5-9-3-1-2-4-10(9)7-11/h8-11H,1-7H2,(H2,14,15). The molecular weight excluding hydrogens is 200 g/mol. The van der Waals surface area contributed by atoms with Crippen LogP contribution in [0.5, 0.6) is 0 Å². The average molecular weight is 220 g/mol. The van der Waals surface area contributed by atoms with Gasteiger partial charge in [0.2, 0.25) is 0 Å². The molecule has 0 aromatic carbocycles. The maximum absolute atomic E-state index is 5.61. The number of aromatic nitrogens is 1. The molecule has 1 aromatic heterocycles. The first-order valence-electron chi connectivity index (χ1n) is 6.55. The Morgan fingerprint density at radius 2 is 1.94 bits per heavy atom. The van der Waals surface area contributed by atoms with E-state index in [1.165, 1.54) is 44.9 Å². The fourth-order valence-corrected chi connectivity index (χ4v) is 3.63. The predicted molar refractivity (Wildman–Crippen MR) is 63.0 cm³/mol. The van der Waals surface area contributed by atoms with Crippen molar-refractivity contribution in [3.8, 4) is 0 Å². The van der Waals surface area contributed by atoms with Crippen molar-refractivity contribution in [1.82, 2.24) is 5.16 Å². The Balaban J connectivity index is 1.70. The van der Waals surface area contributed by atoms with Crippen LogP contribution in [-0.2, 0) is 0 Å². The molecule has 3 heteroatoms. The molecule has 2 saturated carbocycles. The summed E-state index contributed by atoms with van der Waals surface area (Å²) in [6, 6.07) is 1.91. The third kappa shape index (κ3) is 1.83. The number of nitrogens with zero attached hydrogens (tertiary/aromatic N) is 1. The van der Waals surface area contributed by atoms with Crippen LogP contribution < -0.4 is 5.73 Å². The zero-order chi connectivity index (χ0) is 11.0. The largest absolute Gasteiger partial charge is 0.381 e. The van der Waals surface area contributed by atoms with Gasteiger partial charge in [-0.3, -0.25) is 0 Å². The van der Waals surface area contributed by atoms with E-state index in [0.29, 0.717) is 11.7 Å². The van der Waals surface area contributed by atoms with Gasteiger partial charge in [0.05, 0.1) is 0 Å². The van der Waals surface area contributed by atoms with Crippen molar-refractivity contribution < 1.29 is 4.52 Å². The van der Waals surface area contributed by atoms with Crippen molar-refractivity contribution in [2.45, 2.75) is 50.9 Å². The lowest BCUT2D eigenvalue weighted by Gasteiger charge is -2.38. The highest BCUT2D eigenvalue weighted by Gasteiger charge is 2.34. The topological polar surface area (TPSA) is 52.0 Å². The second-order valence-electron chi connectivity index (χ2n) is 5.47. The average Bonchev–Trinajstić information content (AvgIpc) is 2.75. The summed E-state index contributed by atoms with van der Waals surface area (Å²) in [7, 11) is 0. The van der Waals surface area contributed by atoms with E-state index < -0.39 is 0 Å². The molecule has 0 spiro atoms. The van der Waals surface area contributed by atoms with E-state index in [1.807, 2.05) is 6.07 Å². The Bertz CT molecular complexity index is 361. The van der Waals surface area contributed by atoms with Gasteiger partial charge in [-0.05, 0) is 31.1 Å². The number of hydrogen-bond donors (Lipinski definition) is 1. The van der Waals surface area contributed by atoms with Gasteiger partial charge in [-0.1, -0.05) is 30.8 Å². The maximum atomic E-state index is 5.61. The van der Waals surface area contributed by atoms with Crippen LogP contribution in [0.4, 0.5) is 5.82 Å². The summed E-state index contributed by atoms with van der Waals surface area (Å²) in [6.45, 7) is 0. The van der Waals surface area contributed by atoms with E-state index in [2.05, 4.69) is 5.16 Å². The maximum Gasteiger partial charge on any atom is 0.167 e. The lowest BCUT2D eigenvalue weighted by molar-refractivity contribution is 0.144. The normalized spacial score (nSPS) is 34.6. The third-order valence-electron chi connectivity index (χ3n) is 4.49. The number of nitrogens with two attached hydrogens (primary N) is 1. The van der Waals surface area contributed by atoms with Crippen molar-refractivity contribution in [1.29, 1.82) is 0 Å². The zero-order valence-corrected chi connectivity index (χ0v) is 9.69. The number of nitrogen functional groups attached to an aromatic ring is 1. The summed E-state index contributed by atoms with van der Waals surface area (Å²) in [5, 5.41) is 3.80. The molecule has 3 unspecified atom stereocenters. The molecule has 88 valence electrons. The van der Waals surface area contributed by atoms with Gasteiger partial charge in [0.25, 0.3) is 0 Å². The van der Waals surface area contributed by atoms with E-state index in [4.69, 9.17) is 10.3 Å². The van der Waals surface area contributed by atoms with Crippen LogP contribution in [0, 0.1) is 11.8 Å². The molecule has 2 aliphatic carbocycles. The van der Waals surface area contributed by atoms with E-state index in [9.17, 15) is 0 Å². The minimum atomic E-state index is 0.528. The van der Waals surface area contributed by atoms with Gasteiger partial charge in [-0.2, -0.15) is 0 Å². The molecule has 2 N–H and O–H groups in total. The summed E-state index contributed by atoms with van der Waals surface area (Å²) >= 11 is 0. The predicted octanol–water partition coefficient (Wildman–Crippen LogP) is 3.33. The fourth-order valence-electron chi connectivity index (χ4n) is 3.63. The van der Waals surface area contributed by atoms with Crippen LogP contribution in [-0.4, -0.2) is 5.16 Å². The smallest absolute Gasteiger partial charge is 0.167 e. The second kappa shape index (κ2) is 4.11. The SMILES string of the molecule is Nc1cc(C2CCC3CCCCC3C2)on1. The molecule has 3 nitrogen and oxygen atoms in total. The number of anilines is 1. The zero-order valence-electron chi connectivity index (χ0n) is 9.69. The van der Waals surface area contributed by atoms with Crippen LogP contribution in [0.2, 0.25) is 0 Å². The number of fused-ring (bicyclic) bond motifs is 1. The summed E-state index contributed by atoms with van der Waals surface area (Å²) in [5.41, 5.74) is 5.61. The van der Waals surface area contributed by atoms with Crippen molar-refractivity contribution >= 4 is 5.82 Å². The summed E-state index contributed by atoms with van der Waals surface area (Å²) in [6.07, 6.45) is 9.67. The molecule has 16 heavy (non-hydrogen) atoms. The molecule has 0 radical (unpaired) electrons. The molecule has 2 aliphatic rings. The molecule has 0 bridgehead atoms. The van der Waals surface area contributed by atoms with Crippen LogP contribution in [0.1, 0.15) is 56.6 Å². The summed E-state index contributed by atoms with van der Waals surface area (Å²) in [4.78, 5) is 0. The van der Waals surface area contributed by atoms with Crippen LogP contribution >= 0.6 is 0 Å². The van der Waals surface area contributed by atoms with E-state index in [-0.39, 0.29) is 0 Å². The first-order chi connectivity index (χ1) is 7.83. The van der Waals surface area contributed by atoms with E-state index in [0.717, 1.165) is 17.6 Å². The molecule has 2 fully saturated rings. The van der Waals surface area contributed by atoms with Crippen LogP contribution in [0.15, 0.2) is 10.6 Å². The first kappa shape index (κ1) is 10.2. The van der Waals surface area contributed by atoms with Gasteiger partial charge >= 0.3 is 0 Å². The highest BCUT2D eigenvalue weighted by Crippen LogP contribution is 2.46. The highest BCUT2D eigenvalue weighted by molar-refractivity contribution is 5.28. The Hall–Kier alpha value is -0.990. The van der Waals surface area contributed by atoms with Crippen LogP contribution in [0.25, 0.3) is 0 Å². The highest BCUT2D eigenvalue weighted by atomic mass is 16.5. The number of rotatable bonds is 1. The molecule has 0 aliphatic heterocycles. The van der Waals surface area contributed by atoms with Gasteiger partial charge < -0.3 is 10.3 Å². The lowest BCUT2D eigenvalue weighted by Crippen LogP contribution is -2.26. The van der Waals surface area contributed by atoms with Gasteiger partial charge in [-0.25, -0.2) is 0 Å². The number of hydrogen-bond acceptors (Lipinski definition) is 3. The molecule has 3 atom stereocenters. The van der Waals surface area contributed by atoms with Gasteiger partial charge in [0.1, 0.15) is 5.76 Å². The molecule has 1 heterocycles. The minimum absolute atomic E-state index is 0.528. The van der Waals surface area contributed by atoms with Gasteiger partial charge in [0, 0.05) is 12.0 Å². The van der Waals surface area contributed by atoms with Crippen molar-refractivity contribution in [2.75, 3.05) is 5.73 Å². The first-order valence-corrected chi connectivity index (χ1v) is 6.55. The molecular formula is C13H20N2O. The monoisotopic (exact) mass is 220 g/mol. The van der Waals surface area contributed by atoms with Crippen molar-refractivity contribution in [2.24, 2.45) is 11.8 Å². The van der Waals surface area contributed by atoms with Gasteiger partial charge in [0.15, 0.2) is 5.82 Å². The lowest BCUT2D eigenvalue weighted by atomic mass is 9.67. The Kier molecular flexibility index (Phi) is 2.62. The second-order valence-corrected chi connectivity index (χ2v) is 5.47. The quantitative estimate of drug-likeness (QED) is 0.789. The molecule has 0 amide bonds. The van der Waals surface area contributed by atoms with Crippen molar-refractivity contribution in [3.05, 3.63) is 11.8 Å². The fraction of sp³-hybridized carbons (Fsp3) is 0.769. The summed E-state index contributed by atoms with van der Waals surface area (Å²) < 4.78 is 5.31. The van der Waals surface area contributed by atoms with E-state index >= 15 is 0 Å². The Morgan fingerprint density at radius 1 is 1.12 bits per heavy atom. The van der Waals surface area contributed by atoms with Crippen molar-refractivity contribution in [3.63, 3.8) is 0 Å². The van der Waals surface area contributed by atoms with Gasteiger partial charge in [-0.15, -0.1) is 0 Å². The molecule has 1 aromatic rings. The van der Waals surface area contributed by atoms with E-state index in [1.54, 1.807) is 0 Å². The Morgan fingerprint density at radius 3 is 2.69 bits per heavy atom. The summed E-state index contributed by atoms with van der Waals surface area (Å²) in [5.74, 6) is 4.04. The molecule has 3 rings (SSSR count). The molecule has 0 saturated heterocycles. The minimum Gasteiger partial charge on any atom is -0.381 e. The third-order valence-corrected chi connectivity index (χ3v) is 4.49. The van der Waals surface area contributed by atoms with Crippen LogP contribution in [0.3, 0.4) is 0 Å².